The normalized spacial score (nSPS) is 12.5. The van der Waals surface area contributed by atoms with Crippen LogP contribution in [0.15, 0.2) is 38.6 Å². The van der Waals surface area contributed by atoms with Crippen molar-refractivity contribution in [2.45, 2.75) is 36.1 Å². The van der Waals surface area contributed by atoms with E-state index in [1.807, 2.05) is 20.8 Å². The Labute approximate surface area is 135 Å². The topological polar surface area (TPSA) is 63.4 Å². The average molecular weight is 343 g/mol. The van der Waals surface area contributed by atoms with Crippen LogP contribution in [-0.2, 0) is 15.3 Å². The smallest absolute Gasteiger partial charge is 0.235 e. The van der Waals surface area contributed by atoms with Crippen LogP contribution in [0.1, 0.15) is 26.7 Å². The molecule has 0 aliphatic rings. The lowest BCUT2D eigenvalue weighted by atomic mass is 9.97. The van der Waals surface area contributed by atoms with Crippen LogP contribution in [0.4, 0.5) is 5.88 Å². The molecule has 22 heavy (non-hydrogen) atoms. The van der Waals surface area contributed by atoms with Gasteiger partial charge >= 0.3 is 0 Å². The third-order valence-electron chi connectivity index (χ3n) is 3.01. The average Bonchev–Trinajstić information content (AvgIpc) is 2.85. The number of halogens is 1. The van der Waals surface area contributed by atoms with Gasteiger partial charge in [-0.25, -0.2) is 8.42 Å². The van der Waals surface area contributed by atoms with Gasteiger partial charge in [0.05, 0.1) is 4.90 Å². The summed E-state index contributed by atoms with van der Waals surface area (Å²) in [5, 5.41) is 0.395. The first-order valence-corrected chi connectivity index (χ1v) is 8.59. The molecule has 0 amide bonds. The van der Waals surface area contributed by atoms with E-state index >= 15 is 0 Å². The Morgan fingerprint density at radius 3 is 2.14 bits per heavy atom. The molecule has 0 bridgehead atoms. The molecule has 2 aromatic rings. The van der Waals surface area contributed by atoms with Gasteiger partial charge in [-0.05, 0) is 24.3 Å². The zero-order valence-corrected chi connectivity index (χ0v) is 14.8. The molecule has 1 aromatic carbocycles. The highest BCUT2D eigenvalue weighted by Crippen LogP contribution is 2.34. The molecule has 0 fully saturated rings. The summed E-state index contributed by atoms with van der Waals surface area (Å²) < 4.78 is 31.3. The largest absolute Gasteiger partial charge is 0.423 e. The highest BCUT2D eigenvalue weighted by atomic mass is 35.5. The number of sulfone groups is 1. The Morgan fingerprint density at radius 2 is 1.68 bits per heavy atom. The number of aromatic nitrogens is 1. The van der Waals surface area contributed by atoms with Crippen molar-refractivity contribution in [2.75, 3.05) is 19.0 Å². The molecule has 0 saturated heterocycles. The predicted molar refractivity (Wildman–Crippen MR) is 86.4 cm³/mol. The maximum atomic E-state index is 12.8. The predicted octanol–water partition coefficient (Wildman–Crippen LogP) is 3.52. The van der Waals surface area contributed by atoms with E-state index in [2.05, 4.69) is 4.98 Å². The summed E-state index contributed by atoms with van der Waals surface area (Å²) in [5.41, 5.74) is -0.390. The van der Waals surface area contributed by atoms with Gasteiger partial charge in [0.1, 0.15) is 0 Å². The molecule has 0 unspecified atom stereocenters. The fourth-order valence-corrected chi connectivity index (χ4v) is 3.30. The van der Waals surface area contributed by atoms with Crippen molar-refractivity contribution in [1.82, 2.24) is 4.98 Å². The summed E-state index contributed by atoms with van der Waals surface area (Å²) in [6.07, 6.45) is 0. The lowest BCUT2D eigenvalue weighted by Crippen LogP contribution is -2.13. The van der Waals surface area contributed by atoms with Crippen molar-refractivity contribution < 1.29 is 12.8 Å². The summed E-state index contributed by atoms with van der Waals surface area (Å²) in [6, 6.07) is 5.99. The molecule has 0 aliphatic heterocycles. The number of hydrogen-bond donors (Lipinski definition) is 0. The van der Waals surface area contributed by atoms with Gasteiger partial charge < -0.3 is 9.32 Å². The first-order valence-electron chi connectivity index (χ1n) is 6.73. The standard InChI is InChI=1S/C15H19ClN2O3S/c1-15(2,3)14-17-12(13(21-14)18(4)5)22(19,20)11-8-6-10(16)7-9-11/h6-9H,1-5H3. The van der Waals surface area contributed by atoms with Gasteiger partial charge in [-0.1, -0.05) is 32.4 Å². The van der Waals surface area contributed by atoms with E-state index in [0.717, 1.165) is 0 Å². The summed E-state index contributed by atoms with van der Waals surface area (Å²) >= 11 is 5.82. The second-order valence-electron chi connectivity index (χ2n) is 6.23. The quantitative estimate of drug-likeness (QED) is 0.853. The fourth-order valence-electron chi connectivity index (χ4n) is 1.80. The summed E-state index contributed by atoms with van der Waals surface area (Å²) in [6.45, 7) is 5.74. The van der Waals surface area contributed by atoms with Crippen LogP contribution < -0.4 is 4.90 Å². The minimum atomic E-state index is -3.78. The number of oxazole rings is 1. The molecule has 0 aliphatic carbocycles. The van der Waals surface area contributed by atoms with Crippen molar-refractivity contribution in [3.8, 4) is 0 Å². The van der Waals surface area contributed by atoms with Gasteiger partial charge in [-0.2, -0.15) is 4.98 Å². The number of anilines is 1. The van der Waals surface area contributed by atoms with Gasteiger partial charge in [-0.15, -0.1) is 0 Å². The lowest BCUT2D eigenvalue weighted by Gasteiger charge is -2.13. The van der Waals surface area contributed by atoms with Crippen LogP contribution >= 0.6 is 11.6 Å². The van der Waals surface area contributed by atoms with E-state index in [0.29, 0.717) is 10.9 Å². The Morgan fingerprint density at radius 1 is 1.14 bits per heavy atom. The first kappa shape index (κ1) is 16.8. The van der Waals surface area contributed by atoms with E-state index in [-0.39, 0.29) is 15.8 Å². The van der Waals surface area contributed by atoms with E-state index in [1.54, 1.807) is 19.0 Å². The van der Waals surface area contributed by atoms with Crippen LogP contribution in [-0.4, -0.2) is 27.5 Å². The first-order chi connectivity index (χ1) is 10.0. The summed E-state index contributed by atoms with van der Waals surface area (Å²) in [5.74, 6) is 0.601. The molecular formula is C15H19ClN2O3S. The highest BCUT2D eigenvalue weighted by Gasteiger charge is 2.32. The van der Waals surface area contributed by atoms with E-state index in [4.69, 9.17) is 16.0 Å². The van der Waals surface area contributed by atoms with E-state index < -0.39 is 15.3 Å². The Kier molecular flexibility index (Phi) is 4.28. The molecule has 1 heterocycles. The van der Waals surface area contributed by atoms with Gasteiger partial charge in [0.15, 0.2) is 0 Å². The van der Waals surface area contributed by atoms with Gasteiger partial charge in [0.2, 0.25) is 26.6 Å². The minimum Gasteiger partial charge on any atom is -0.423 e. The number of hydrogen-bond acceptors (Lipinski definition) is 5. The molecular weight excluding hydrogens is 324 g/mol. The highest BCUT2D eigenvalue weighted by molar-refractivity contribution is 7.91. The van der Waals surface area contributed by atoms with Crippen molar-refractivity contribution in [3.63, 3.8) is 0 Å². The molecule has 5 nitrogen and oxygen atoms in total. The van der Waals surface area contributed by atoms with Gasteiger partial charge in [0, 0.05) is 24.5 Å². The molecule has 0 radical (unpaired) electrons. The van der Waals surface area contributed by atoms with Crippen molar-refractivity contribution in [2.24, 2.45) is 0 Å². The SMILES string of the molecule is CN(C)c1oc(C(C)(C)C)nc1S(=O)(=O)c1ccc(Cl)cc1. The molecule has 7 heteroatoms. The fraction of sp³-hybridized carbons (Fsp3) is 0.400. The molecule has 1 aromatic heterocycles. The Bertz CT molecular complexity index is 772. The molecule has 2 rings (SSSR count). The second-order valence-corrected chi connectivity index (χ2v) is 8.53. The molecule has 120 valence electrons. The maximum absolute atomic E-state index is 12.8. The second kappa shape index (κ2) is 5.59. The van der Waals surface area contributed by atoms with Crippen LogP contribution in [0.5, 0.6) is 0 Å². The van der Waals surface area contributed by atoms with Crippen molar-refractivity contribution in [3.05, 3.63) is 35.2 Å². The Balaban J connectivity index is 2.64. The van der Waals surface area contributed by atoms with Crippen LogP contribution in [0.3, 0.4) is 0 Å². The van der Waals surface area contributed by atoms with Crippen LogP contribution in [0.2, 0.25) is 5.02 Å². The third kappa shape index (κ3) is 3.13. The van der Waals surface area contributed by atoms with Crippen LogP contribution in [0, 0.1) is 0 Å². The van der Waals surface area contributed by atoms with Gasteiger partial charge in [0.25, 0.3) is 0 Å². The van der Waals surface area contributed by atoms with E-state index in [1.165, 1.54) is 24.3 Å². The zero-order chi connectivity index (χ0) is 16.7. The lowest BCUT2D eigenvalue weighted by molar-refractivity contribution is 0.395. The van der Waals surface area contributed by atoms with Gasteiger partial charge in [-0.3, -0.25) is 0 Å². The number of nitrogens with zero attached hydrogens (tertiary/aromatic N) is 2. The molecule has 0 N–H and O–H groups in total. The van der Waals surface area contributed by atoms with Crippen molar-refractivity contribution in [1.29, 1.82) is 0 Å². The minimum absolute atomic E-state index is 0.0789. The summed E-state index contributed by atoms with van der Waals surface area (Å²) in [4.78, 5) is 5.98. The van der Waals surface area contributed by atoms with Crippen molar-refractivity contribution >= 4 is 27.3 Å². The number of rotatable bonds is 3. The molecule has 0 atom stereocenters. The molecule has 0 saturated carbocycles. The monoisotopic (exact) mass is 342 g/mol. The third-order valence-corrected chi connectivity index (χ3v) is 4.93. The Hall–Kier alpha value is -1.53. The number of benzene rings is 1. The molecule has 0 spiro atoms. The van der Waals surface area contributed by atoms with E-state index in [9.17, 15) is 8.42 Å². The maximum Gasteiger partial charge on any atom is 0.235 e. The van der Waals surface area contributed by atoms with Crippen LogP contribution in [0.25, 0.3) is 0 Å². The summed E-state index contributed by atoms with van der Waals surface area (Å²) in [7, 11) is -0.344. The zero-order valence-electron chi connectivity index (χ0n) is 13.2.